The van der Waals surface area contributed by atoms with Crippen LogP contribution in [0.25, 0.3) is 10.2 Å². The van der Waals surface area contributed by atoms with Gasteiger partial charge in [-0.25, -0.2) is 4.98 Å². The molecule has 5 nitrogen and oxygen atoms in total. The van der Waals surface area contributed by atoms with Gasteiger partial charge in [0.2, 0.25) is 0 Å². The highest BCUT2D eigenvalue weighted by Gasteiger charge is 2.25. The smallest absolute Gasteiger partial charge is 0.278 e. The van der Waals surface area contributed by atoms with Gasteiger partial charge in [-0.05, 0) is 49.6 Å². The molecule has 0 aliphatic carbocycles. The number of benzene rings is 2. The fourth-order valence-corrected chi connectivity index (χ4v) is 4.26. The number of fused-ring (bicyclic) bond motifs is 1. The SMILES string of the molecule is Cc1cc2nc(N(Cc3ccccc3)C(=O)c3nn(C)cc3C)sc2cc1C. The first-order chi connectivity index (χ1) is 13.4. The first kappa shape index (κ1) is 18.4. The zero-order valence-electron chi connectivity index (χ0n) is 16.4. The highest BCUT2D eigenvalue weighted by atomic mass is 32.1. The molecule has 0 atom stereocenters. The number of hydrogen-bond donors (Lipinski definition) is 0. The van der Waals surface area contributed by atoms with E-state index in [2.05, 4.69) is 31.1 Å². The molecule has 0 radical (unpaired) electrons. The van der Waals surface area contributed by atoms with Gasteiger partial charge in [0.05, 0.1) is 16.8 Å². The minimum atomic E-state index is -0.130. The van der Waals surface area contributed by atoms with Crippen LogP contribution in [-0.2, 0) is 13.6 Å². The fourth-order valence-electron chi connectivity index (χ4n) is 3.22. The average molecular weight is 391 g/mol. The van der Waals surface area contributed by atoms with Gasteiger partial charge >= 0.3 is 0 Å². The van der Waals surface area contributed by atoms with E-state index in [1.165, 1.54) is 11.1 Å². The van der Waals surface area contributed by atoms with Crippen LogP contribution < -0.4 is 4.90 Å². The highest BCUT2D eigenvalue weighted by Crippen LogP contribution is 2.32. The standard InChI is InChI=1S/C22H22N4OS/c1-14-10-18-19(11-15(14)2)28-22(23-18)26(13-17-8-6-5-7-9-17)21(27)20-16(3)12-25(4)24-20/h5-12H,13H2,1-4H3. The Morgan fingerprint density at radius 2 is 1.79 bits per heavy atom. The van der Waals surface area contributed by atoms with E-state index in [0.29, 0.717) is 17.4 Å². The summed E-state index contributed by atoms with van der Waals surface area (Å²) in [7, 11) is 1.83. The number of hydrogen-bond acceptors (Lipinski definition) is 4. The number of aryl methyl sites for hydroxylation is 4. The van der Waals surface area contributed by atoms with E-state index in [0.717, 1.165) is 21.3 Å². The van der Waals surface area contributed by atoms with Crippen molar-refractivity contribution in [1.82, 2.24) is 14.8 Å². The van der Waals surface area contributed by atoms with Gasteiger partial charge in [-0.1, -0.05) is 41.7 Å². The van der Waals surface area contributed by atoms with Crippen molar-refractivity contribution in [3.8, 4) is 0 Å². The highest BCUT2D eigenvalue weighted by molar-refractivity contribution is 7.22. The zero-order valence-corrected chi connectivity index (χ0v) is 17.2. The third kappa shape index (κ3) is 3.43. The summed E-state index contributed by atoms with van der Waals surface area (Å²) in [4.78, 5) is 19.9. The molecular weight excluding hydrogens is 368 g/mol. The Balaban J connectivity index is 1.80. The van der Waals surface area contributed by atoms with Gasteiger partial charge in [0.15, 0.2) is 10.8 Å². The predicted molar refractivity (Wildman–Crippen MR) is 114 cm³/mol. The quantitative estimate of drug-likeness (QED) is 0.503. The summed E-state index contributed by atoms with van der Waals surface area (Å²) in [6.07, 6.45) is 1.86. The van der Waals surface area contributed by atoms with Crippen molar-refractivity contribution in [1.29, 1.82) is 0 Å². The molecule has 28 heavy (non-hydrogen) atoms. The molecule has 0 fully saturated rings. The van der Waals surface area contributed by atoms with Crippen molar-refractivity contribution < 1.29 is 4.79 Å². The Morgan fingerprint density at radius 3 is 2.46 bits per heavy atom. The van der Waals surface area contributed by atoms with Crippen LogP contribution in [0, 0.1) is 20.8 Å². The molecule has 4 aromatic rings. The summed E-state index contributed by atoms with van der Waals surface area (Å²) in [5.74, 6) is -0.130. The van der Waals surface area contributed by atoms with Crippen molar-refractivity contribution in [2.75, 3.05) is 4.90 Å². The minimum Gasteiger partial charge on any atom is -0.278 e. The summed E-state index contributed by atoms with van der Waals surface area (Å²) in [5, 5.41) is 5.08. The largest absolute Gasteiger partial charge is 0.281 e. The van der Waals surface area contributed by atoms with Crippen LogP contribution in [-0.4, -0.2) is 20.7 Å². The molecule has 0 aliphatic heterocycles. The molecule has 142 valence electrons. The monoisotopic (exact) mass is 390 g/mol. The van der Waals surface area contributed by atoms with Gasteiger partial charge in [0.25, 0.3) is 5.91 Å². The topological polar surface area (TPSA) is 51.0 Å². The van der Waals surface area contributed by atoms with E-state index in [9.17, 15) is 4.79 Å². The van der Waals surface area contributed by atoms with Gasteiger partial charge in [0.1, 0.15) is 0 Å². The molecule has 0 N–H and O–H groups in total. The van der Waals surface area contributed by atoms with Gasteiger partial charge < -0.3 is 0 Å². The molecule has 2 aromatic heterocycles. The van der Waals surface area contributed by atoms with E-state index in [1.807, 2.05) is 50.5 Å². The van der Waals surface area contributed by atoms with Crippen LogP contribution in [0.3, 0.4) is 0 Å². The molecule has 0 unspecified atom stereocenters. The van der Waals surface area contributed by atoms with Crippen LogP contribution in [0.1, 0.15) is 32.7 Å². The fraction of sp³-hybridized carbons (Fsp3) is 0.227. The summed E-state index contributed by atoms with van der Waals surface area (Å²) in [5.41, 5.74) is 5.72. The van der Waals surface area contributed by atoms with Crippen molar-refractivity contribution >= 4 is 32.6 Å². The molecule has 1 amide bonds. The Kier molecular flexibility index (Phi) is 4.73. The Bertz CT molecular complexity index is 1120. The minimum absolute atomic E-state index is 0.130. The molecular formula is C22H22N4OS. The molecule has 0 spiro atoms. The second-order valence-electron chi connectivity index (χ2n) is 7.11. The van der Waals surface area contributed by atoms with E-state index < -0.39 is 0 Å². The average Bonchev–Trinajstić information content (AvgIpc) is 3.22. The number of thiazole rings is 1. The van der Waals surface area contributed by atoms with Crippen molar-refractivity contribution in [3.05, 3.63) is 76.6 Å². The molecule has 0 saturated heterocycles. The van der Waals surface area contributed by atoms with Gasteiger partial charge in [-0.3, -0.25) is 14.4 Å². The maximum atomic E-state index is 13.4. The Morgan fingerprint density at radius 1 is 1.07 bits per heavy atom. The van der Waals surface area contributed by atoms with Crippen LogP contribution in [0.4, 0.5) is 5.13 Å². The lowest BCUT2D eigenvalue weighted by Crippen LogP contribution is -2.31. The number of carbonyl (C=O) groups excluding carboxylic acids is 1. The zero-order chi connectivity index (χ0) is 19.8. The third-order valence-electron chi connectivity index (χ3n) is 4.87. The number of nitrogens with zero attached hydrogens (tertiary/aromatic N) is 4. The molecule has 0 saturated carbocycles. The predicted octanol–water partition coefficient (Wildman–Crippen LogP) is 4.80. The van der Waals surface area contributed by atoms with Gasteiger partial charge in [-0.15, -0.1) is 0 Å². The maximum Gasteiger partial charge on any atom is 0.281 e. The normalized spacial score (nSPS) is 11.1. The van der Waals surface area contributed by atoms with E-state index in [-0.39, 0.29) is 5.91 Å². The Labute approximate surface area is 168 Å². The van der Waals surface area contributed by atoms with Crippen LogP contribution in [0.2, 0.25) is 0 Å². The number of rotatable bonds is 4. The van der Waals surface area contributed by atoms with Gasteiger partial charge in [0, 0.05) is 18.8 Å². The summed E-state index contributed by atoms with van der Waals surface area (Å²) >= 11 is 1.54. The second-order valence-corrected chi connectivity index (χ2v) is 8.12. The molecule has 0 aliphatic rings. The third-order valence-corrected chi connectivity index (χ3v) is 5.91. The van der Waals surface area contributed by atoms with Gasteiger partial charge in [-0.2, -0.15) is 5.10 Å². The lowest BCUT2D eigenvalue weighted by Gasteiger charge is -2.19. The summed E-state index contributed by atoms with van der Waals surface area (Å²) in [6.45, 7) is 6.54. The number of anilines is 1. The van der Waals surface area contributed by atoms with Crippen LogP contribution in [0.15, 0.2) is 48.7 Å². The lowest BCUT2D eigenvalue weighted by atomic mass is 10.1. The molecule has 0 bridgehead atoms. The van der Waals surface area contributed by atoms with E-state index in [1.54, 1.807) is 20.9 Å². The second kappa shape index (κ2) is 7.20. The Hall–Kier alpha value is -2.99. The van der Waals surface area contributed by atoms with Crippen molar-refractivity contribution in [2.45, 2.75) is 27.3 Å². The number of amides is 1. The van der Waals surface area contributed by atoms with Crippen LogP contribution in [0.5, 0.6) is 0 Å². The lowest BCUT2D eigenvalue weighted by molar-refractivity contribution is 0.0979. The van der Waals surface area contributed by atoms with Crippen LogP contribution >= 0.6 is 11.3 Å². The molecule has 4 rings (SSSR count). The number of aromatic nitrogens is 3. The summed E-state index contributed by atoms with van der Waals surface area (Å²) in [6, 6.07) is 14.2. The first-order valence-corrected chi connectivity index (χ1v) is 9.98. The first-order valence-electron chi connectivity index (χ1n) is 9.16. The van der Waals surface area contributed by atoms with Crippen molar-refractivity contribution in [3.63, 3.8) is 0 Å². The number of carbonyl (C=O) groups is 1. The molecule has 6 heteroatoms. The van der Waals surface area contributed by atoms with E-state index in [4.69, 9.17) is 4.98 Å². The van der Waals surface area contributed by atoms with E-state index >= 15 is 0 Å². The maximum absolute atomic E-state index is 13.4. The molecule has 2 heterocycles. The molecule has 2 aromatic carbocycles. The van der Waals surface area contributed by atoms with Crippen molar-refractivity contribution in [2.24, 2.45) is 7.05 Å². The summed E-state index contributed by atoms with van der Waals surface area (Å²) < 4.78 is 2.76.